The molecule has 0 saturated carbocycles. The summed E-state index contributed by atoms with van der Waals surface area (Å²) in [6, 6.07) is 8.35. The first kappa shape index (κ1) is 15.0. The van der Waals surface area contributed by atoms with Crippen molar-refractivity contribution in [3.05, 3.63) is 35.4 Å². The van der Waals surface area contributed by atoms with Crippen LogP contribution in [-0.4, -0.2) is 36.6 Å². The number of carbonyl (C=O) groups is 1. The van der Waals surface area contributed by atoms with Gasteiger partial charge in [-0.05, 0) is 32.8 Å². The number of ether oxygens (including phenoxy) is 1. The van der Waals surface area contributed by atoms with Crippen LogP contribution in [-0.2, 0) is 9.53 Å². The van der Waals surface area contributed by atoms with Crippen molar-refractivity contribution in [1.29, 1.82) is 0 Å². The van der Waals surface area contributed by atoms with Crippen molar-refractivity contribution in [2.75, 3.05) is 13.7 Å². The van der Waals surface area contributed by atoms with Crippen molar-refractivity contribution in [1.82, 2.24) is 10.2 Å². The summed E-state index contributed by atoms with van der Waals surface area (Å²) in [7, 11) is 1.69. The van der Waals surface area contributed by atoms with Crippen LogP contribution in [0.2, 0.25) is 0 Å². The van der Waals surface area contributed by atoms with E-state index in [1.807, 2.05) is 17.9 Å². The molecule has 4 heteroatoms. The Bertz CT molecular complexity index is 475. The number of carbonyl (C=O) groups excluding carboxylic acids is 1. The zero-order valence-electron chi connectivity index (χ0n) is 12.7. The largest absolute Gasteiger partial charge is 0.385 e. The molecule has 20 heavy (non-hydrogen) atoms. The fourth-order valence-electron chi connectivity index (χ4n) is 2.74. The minimum Gasteiger partial charge on any atom is -0.385 e. The van der Waals surface area contributed by atoms with Gasteiger partial charge in [0.25, 0.3) is 0 Å². The van der Waals surface area contributed by atoms with Gasteiger partial charge in [-0.15, -0.1) is 0 Å². The third-order valence-corrected chi connectivity index (χ3v) is 3.88. The number of nitrogens with zero attached hydrogens (tertiary/aromatic N) is 1. The van der Waals surface area contributed by atoms with E-state index in [0.29, 0.717) is 6.61 Å². The summed E-state index contributed by atoms with van der Waals surface area (Å²) in [6.45, 7) is 6.75. The van der Waals surface area contributed by atoms with Crippen LogP contribution < -0.4 is 5.32 Å². The zero-order valence-corrected chi connectivity index (χ0v) is 12.7. The van der Waals surface area contributed by atoms with Crippen molar-refractivity contribution in [2.45, 2.75) is 45.4 Å². The molecule has 0 aromatic heterocycles. The second-order valence-electron chi connectivity index (χ2n) is 5.58. The first-order valence-electron chi connectivity index (χ1n) is 7.18. The minimum absolute atomic E-state index is 0.0377. The van der Waals surface area contributed by atoms with Crippen LogP contribution in [0.15, 0.2) is 24.3 Å². The molecule has 1 N–H and O–H groups in total. The number of hydrogen-bond acceptors (Lipinski definition) is 3. The van der Waals surface area contributed by atoms with Gasteiger partial charge in [0.15, 0.2) is 0 Å². The second-order valence-corrected chi connectivity index (χ2v) is 5.58. The molecule has 1 amide bonds. The lowest BCUT2D eigenvalue weighted by Crippen LogP contribution is -2.39. The van der Waals surface area contributed by atoms with Gasteiger partial charge in [-0.25, -0.2) is 0 Å². The molecule has 1 heterocycles. The van der Waals surface area contributed by atoms with Crippen molar-refractivity contribution < 1.29 is 9.53 Å². The highest BCUT2D eigenvalue weighted by molar-refractivity contribution is 5.84. The van der Waals surface area contributed by atoms with E-state index in [9.17, 15) is 4.79 Å². The van der Waals surface area contributed by atoms with Gasteiger partial charge in [-0.1, -0.05) is 29.8 Å². The zero-order chi connectivity index (χ0) is 14.7. The molecule has 4 nitrogen and oxygen atoms in total. The lowest BCUT2D eigenvalue weighted by atomic mass is 10.1. The number of methoxy groups -OCH3 is 1. The SMILES string of the molecule is COCCC(C)N1C(=O)C(C)NC1c1cccc(C)c1. The monoisotopic (exact) mass is 276 g/mol. The summed E-state index contributed by atoms with van der Waals surface area (Å²) in [5.74, 6) is 0.167. The molecule has 3 unspecified atom stereocenters. The van der Waals surface area contributed by atoms with Gasteiger partial charge in [-0.3, -0.25) is 10.1 Å². The van der Waals surface area contributed by atoms with Crippen molar-refractivity contribution in [3.8, 4) is 0 Å². The van der Waals surface area contributed by atoms with E-state index in [-0.39, 0.29) is 24.2 Å². The number of benzene rings is 1. The van der Waals surface area contributed by atoms with E-state index in [4.69, 9.17) is 4.74 Å². The quantitative estimate of drug-likeness (QED) is 0.896. The number of nitrogens with one attached hydrogen (secondary N) is 1. The highest BCUT2D eigenvalue weighted by Crippen LogP contribution is 2.28. The molecule has 0 radical (unpaired) electrons. The van der Waals surface area contributed by atoms with Gasteiger partial charge >= 0.3 is 0 Å². The van der Waals surface area contributed by atoms with E-state index >= 15 is 0 Å². The maximum absolute atomic E-state index is 12.4. The van der Waals surface area contributed by atoms with Gasteiger partial charge in [0.2, 0.25) is 5.91 Å². The van der Waals surface area contributed by atoms with Crippen LogP contribution in [0.3, 0.4) is 0 Å². The smallest absolute Gasteiger partial charge is 0.241 e. The van der Waals surface area contributed by atoms with Crippen molar-refractivity contribution in [2.24, 2.45) is 0 Å². The Labute approximate surface area is 121 Å². The predicted octanol–water partition coefficient (Wildman–Crippen LogP) is 2.24. The van der Waals surface area contributed by atoms with Gasteiger partial charge in [0.1, 0.15) is 6.17 Å². The molecule has 0 bridgehead atoms. The van der Waals surface area contributed by atoms with Gasteiger partial charge < -0.3 is 9.64 Å². The molecule has 1 fully saturated rings. The molecule has 2 rings (SSSR count). The van der Waals surface area contributed by atoms with E-state index in [2.05, 4.69) is 37.4 Å². The molecule has 1 aliphatic rings. The van der Waals surface area contributed by atoms with Gasteiger partial charge in [-0.2, -0.15) is 0 Å². The molecular weight excluding hydrogens is 252 g/mol. The van der Waals surface area contributed by atoms with Gasteiger partial charge in [0, 0.05) is 19.8 Å². The molecule has 1 saturated heterocycles. The number of amides is 1. The highest BCUT2D eigenvalue weighted by Gasteiger charge is 2.39. The molecule has 110 valence electrons. The summed E-state index contributed by atoms with van der Waals surface area (Å²) in [4.78, 5) is 14.4. The Hall–Kier alpha value is -1.39. The molecule has 1 aromatic rings. The van der Waals surface area contributed by atoms with E-state index in [1.54, 1.807) is 7.11 Å². The average Bonchev–Trinajstić information content (AvgIpc) is 2.72. The van der Waals surface area contributed by atoms with Crippen LogP contribution in [0.25, 0.3) is 0 Å². The topological polar surface area (TPSA) is 41.6 Å². The second kappa shape index (κ2) is 6.37. The fourth-order valence-corrected chi connectivity index (χ4v) is 2.74. The molecular formula is C16H24N2O2. The average molecular weight is 276 g/mol. The number of hydrogen-bond donors (Lipinski definition) is 1. The van der Waals surface area contributed by atoms with E-state index < -0.39 is 0 Å². The lowest BCUT2D eigenvalue weighted by molar-refractivity contribution is -0.132. The van der Waals surface area contributed by atoms with Crippen LogP contribution in [0, 0.1) is 6.92 Å². The minimum atomic E-state index is -0.134. The normalized spacial score (nSPS) is 24.2. The highest BCUT2D eigenvalue weighted by atomic mass is 16.5. The fraction of sp³-hybridized carbons (Fsp3) is 0.562. The summed E-state index contributed by atoms with van der Waals surface area (Å²) in [5.41, 5.74) is 2.35. The summed E-state index contributed by atoms with van der Waals surface area (Å²) in [6.07, 6.45) is 0.808. The summed E-state index contributed by atoms with van der Waals surface area (Å²) >= 11 is 0. The first-order chi connectivity index (χ1) is 9.54. The first-order valence-corrected chi connectivity index (χ1v) is 7.18. The standard InChI is InChI=1S/C16H24N2O2/c1-11-6-5-7-14(10-11)15-17-13(3)16(19)18(15)12(2)8-9-20-4/h5-7,10,12-13,15,17H,8-9H2,1-4H3. The van der Waals surface area contributed by atoms with Crippen LogP contribution in [0.1, 0.15) is 37.6 Å². The summed E-state index contributed by atoms with van der Waals surface area (Å²) in [5, 5.41) is 3.39. The van der Waals surface area contributed by atoms with Crippen molar-refractivity contribution in [3.63, 3.8) is 0 Å². The molecule has 0 spiro atoms. The Morgan fingerprint density at radius 1 is 1.45 bits per heavy atom. The van der Waals surface area contributed by atoms with E-state index in [0.717, 1.165) is 12.0 Å². The van der Waals surface area contributed by atoms with Crippen molar-refractivity contribution >= 4 is 5.91 Å². The van der Waals surface area contributed by atoms with Crippen LogP contribution in [0.4, 0.5) is 0 Å². The summed E-state index contributed by atoms with van der Waals surface area (Å²) < 4.78 is 5.14. The Morgan fingerprint density at radius 3 is 2.85 bits per heavy atom. The Morgan fingerprint density at radius 2 is 2.20 bits per heavy atom. The maximum atomic E-state index is 12.4. The van der Waals surface area contributed by atoms with Crippen LogP contribution >= 0.6 is 0 Å². The Balaban J connectivity index is 2.23. The lowest BCUT2D eigenvalue weighted by Gasteiger charge is -2.30. The molecule has 0 aliphatic carbocycles. The van der Waals surface area contributed by atoms with Gasteiger partial charge in [0.05, 0.1) is 6.04 Å². The predicted molar refractivity (Wildman–Crippen MR) is 79.3 cm³/mol. The molecule has 1 aromatic carbocycles. The maximum Gasteiger partial charge on any atom is 0.241 e. The number of rotatable bonds is 5. The Kier molecular flexibility index (Phi) is 4.78. The third-order valence-electron chi connectivity index (χ3n) is 3.88. The van der Waals surface area contributed by atoms with E-state index in [1.165, 1.54) is 5.56 Å². The van der Waals surface area contributed by atoms with Crippen LogP contribution in [0.5, 0.6) is 0 Å². The third kappa shape index (κ3) is 3.02. The molecule has 1 aliphatic heterocycles. The molecule has 3 atom stereocenters. The number of aryl methyl sites for hydroxylation is 1.